The number of aromatic nitrogens is 1. The van der Waals surface area contributed by atoms with Crippen LogP contribution in [0.3, 0.4) is 0 Å². The van der Waals surface area contributed by atoms with E-state index < -0.39 is 16.1 Å². The van der Waals surface area contributed by atoms with Gasteiger partial charge in [0, 0.05) is 24.7 Å². The normalized spacial score (nSPS) is 11.2. The van der Waals surface area contributed by atoms with Gasteiger partial charge in [0.05, 0.1) is 13.4 Å². The summed E-state index contributed by atoms with van der Waals surface area (Å²) in [7, 11) is -0.251. The molecule has 0 unspecified atom stereocenters. The Hall–Kier alpha value is -3.57. The summed E-state index contributed by atoms with van der Waals surface area (Å²) in [6, 6.07) is 14.3. The largest absolute Gasteiger partial charge is 0.497 e. The molecule has 176 valence electrons. The standard InChI is InChI=1S/C22H25N3O7S/c1-25(22(26)27)14-19-24-20(15-4-8-17(30-2)9-5-15)21(32-19)16-6-10-18(11-7-16)31-13-12-23-33(3,28)29/h4-11,23H,12-14H2,1-3H3,(H,26,27). The zero-order valence-electron chi connectivity index (χ0n) is 18.4. The zero-order valence-corrected chi connectivity index (χ0v) is 19.3. The monoisotopic (exact) mass is 475 g/mol. The fraction of sp³-hybridized carbons (Fsp3) is 0.273. The lowest BCUT2D eigenvalue weighted by Crippen LogP contribution is -2.26. The van der Waals surface area contributed by atoms with E-state index in [0.29, 0.717) is 23.0 Å². The van der Waals surface area contributed by atoms with Gasteiger partial charge in [-0.05, 0) is 48.5 Å². The molecule has 0 spiro atoms. The second-order valence-electron chi connectivity index (χ2n) is 7.19. The lowest BCUT2D eigenvalue weighted by Gasteiger charge is -2.09. The number of nitrogens with one attached hydrogen (secondary N) is 1. The molecule has 11 heteroatoms. The van der Waals surface area contributed by atoms with Crippen molar-refractivity contribution in [2.24, 2.45) is 0 Å². The molecule has 1 amide bonds. The number of methoxy groups -OCH3 is 1. The maximum atomic E-state index is 11.2. The highest BCUT2D eigenvalue weighted by molar-refractivity contribution is 7.88. The van der Waals surface area contributed by atoms with Crippen LogP contribution < -0.4 is 14.2 Å². The average Bonchev–Trinajstić information content (AvgIpc) is 3.20. The molecule has 2 N–H and O–H groups in total. The van der Waals surface area contributed by atoms with Crippen LogP contribution >= 0.6 is 0 Å². The van der Waals surface area contributed by atoms with E-state index in [1.807, 2.05) is 12.1 Å². The van der Waals surface area contributed by atoms with Gasteiger partial charge in [-0.3, -0.25) is 0 Å². The van der Waals surface area contributed by atoms with Gasteiger partial charge < -0.3 is 23.9 Å². The maximum absolute atomic E-state index is 11.2. The summed E-state index contributed by atoms with van der Waals surface area (Å²) >= 11 is 0. The Morgan fingerprint density at radius 3 is 2.27 bits per heavy atom. The third-order valence-electron chi connectivity index (χ3n) is 4.59. The molecule has 0 saturated carbocycles. The number of ether oxygens (including phenoxy) is 2. The van der Waals surface area contributed by atoms with Crippen LogP contribution in [0.1, 0.15) is 5.89 Å². The van der Waals surface area contributed by atoms with Gasteiger partial charge in [0.2, 0.25) is 15.9 Å². The van der Waals surface area contributed by atoms with Crippen molar-refractivity contribution in [3.63, 3.8) is 0 Å². The predicted octanol–water partition coefficient (Wildman–Crippen LogP) is 3.06. The van der Waals surface area contributed by atoms with E-state index in [4.69, 9.17) is 19.0 Å². The number of hydrogen-bond donors (Lipinski definition) is 2. The highest BCUT2D eigenvalue weighted by Crippen LogP contribution is 2.34. The quantitative estimate of drug-likeness (QED) is 0.428. The molecule has 1 aromatic heterocycles. The van der Waals surface area contributed by atoms with Crippen molar-refractivity contribution < 1.29 is 32.2 Å². The third-order valence-corrected chi connectivity index (χ3v) is 5.31. The Labute approximate surface area is 191 Å². The minimum atomic E-state index is -3.27. The number of amides is 1. The third kappa shape index (κ3) is 6.70. The van der Waals surface area contributed by atoms with E-state index >= 15 is 0 Å². The van der Waals surface area contributed by atoms with Gasteiger partial charge in [0.1, 0.15) is 30.3 Å². The van der Waals surface area contributed by atoms with Crippen LogP contribution in [0.2, 0.25) is 0 Å². The number of nitrogens with zero attached hydrogens (tertiary/aromatic N) is 2. The maximum Gasteiger partial charge on any atom is 0.407 e. The summed E-state index contributed by atoms with van der Waals surface area (Å²) in [5.41, 5.74) is 2.07. The Morgan fingerprint density at radius 1 is 1.09 bits per heavy atom. The van der Waals surface area contributed by atoms with Crippen LogP contribution in [0.4, 0.5) is 4.79 Å². The van der Waals surface area contributed by atoms with Gasteiger partial charge in [-0.1, -0.05) is 0 Å². The predicted molar refractivity (Wildman–Crippen MR) is 122 cm³/mol. The summed E-state index contributed by atoms with van der Waals surface area (Å²) in [6.45, 7) is 0.329. The van der Waals surface area contributed by atoms with E-state index in [1.165, 1.54) is 7.05 Å². The van der Waals surface area contributed by atoms with E-state index in [9.17, 15) is 13.2 Å². The van der Waals surface area contributed by atoms with Gasteiger partial charge in [-0.2, -0.15) is 0 Å². The van der Waals surface area contributed by atoms with E-state index in [-0.39, 0.29) is 25.6 Å². The molecule has 0 bridgehead atoms. The van der Waals surface area contributed by atoms with Crippen molar-refractivity contribution in [1.29, 1.82) is 0 Å². The molecule has 0 atom stereocenters. The number of benzene rings is 2. The van der Waals surface area contributed by atoms with Crippen molar-refractivity contribution in [1.82, 2.24) is 14.6 Å². The molecule has 3 aromatic rings. The average molecular weight is 476 g/mol. The fourth-order valence-corrected chi connectivity index (χ4v) is 3.40. The minimum absolute atomic E-state index is 0.00693. The van der Waals surface area contributed by atoms with Gasteiger partial charge in [0.15, 0.2) is 5.76 Å². The second-order valence-corrected chi connectivity index (χ2v) is 9.02. The van der Waals surface area contributed by atoms with Crippen molar-refractivity contribution >= 4 is 16.1 Å². The molecule has 2 aromatic carbocycles. The minimum Gasteiger partial charge on any atom is -0.497 e. The number of rotatable bonds is 10. The first-order chi connectivity index (χ1) is 15.7. The van der Waals surface area contributed by atoms with Crippen molar-refractivity contribution in [2.75, 3.05) is 33.6 Å². The van der Waals surface area contributed by atoms with Crippen molar-refractivity contribution in [3.05, 3.63) is 54.4 Å². The zero-order chi connectivity index (χ0) is 24.0. The van der Waals surface area contributed by atoms with E-state index in [2.05, 4.69) is 9.71 Å². The van der Waals surface area contributed by atoms with Crippen LogP contribution in [0.25, 0.3) is 22.6 Å². The van der Waals surface area contributed by atoms with Crippen molar-refractivity contribution in [2.45, 2.75) is 6.54 Å². The smallest absolute Gasteiger partial charge is 0.407 e. The first-order valence-corrected chi connectivity index (χ1v) is 11.8. The molecule has 0 radical (unpaired) electrons. The Bertz CT molecular complexity index is 1190. The fourth-order valence-electron chi connectivity index (χ4n) is 2.94. The molecule has 3 rings (SSSR count). The Kier molecular flexibility index (Phi) is 7.56. The molecular weight excluding hydrogens is 450 g/mol. The molecule has 0 saturated heterocycles. The van der Waals surface area contributed by atoms with Crippen LogP contribution in [-0.2, 0) is 16.6 Å². The van der Waals surface area contributed by atoms with E-state index in [1.54, 1.807) is 43.5 Å². The first kappa shape index (κ1) is 24.1. The number of hydrogen-bond acceptors (Lipinski definition) is 7. The van der Waals surface area contributed by atoms with E-state index in [0.717, 1.165) is 22.3 Å². The molecule has 0 aliphatic heterocycles. The summed E-state index contributed by atoms with van der Waals surface area (Å²) in [6.07, 6.45) is -0.00478. The summed E-state index contributed by atoms with van der Waals surface area (Å²) in [4.78, 5) is 16.8. The number of carbonyl (C=O) groups is 1. The molecule has 0 fully saturated rings. The SMILES string of the molecule is COc1ccc(-c2nc(CN(C)C(=O)O)oc2-c2ccc(OCCNS(C)(=O)=O)cc2)cc1. The number of carboxylic acid groups (broad SMARTS) is 1. The molecule has 1 heterocycles. The van der Waals surface area contributed by atoms with Crippen LogP contribution in [0.5, 0.6) is 11.5 Å². The summed E-state index contributed by atoms with van der Waals surface area (Å²) < 4.78 is 41.3. The van der Waals surface area contributed by atoms with Crippen LogP contribution in [0.15, 0.2) is 52.9 Å². The van der Waals surface area contributed by atoms with Crippen LogP contribution in [0, 0.1) is 0 Å². The second kappa shape index (κ2) is 10.4. The van der Waals surface area contributed by atoms with Gasteiger partial charge in [-0.25, -0.2) is 22.9 Å². The first-order valence-electron chi connectivity index (χ1n) is 9.92. The van der Waals surface area contributed by atoms with Crippen LogP contribution in [-0.4, -0.2) is 63.1 Å². The highest BCUT2D eigenvalue weighted by atomic mass is 32.2. The molecule has 0 aliphatic carbocycles. The Balaban J connectivity index is 1.85. The molecule has 0 aliphatic rings. The molecule has 10 nitrogen and oxygen atoms in total. The summed E-state index contributed by atoms with van der Waals surface area (Å²) in [5.74, 6) is 2.00. The number of oxazole rings is 1. The van der Waals surface area contributed by atoms with Gasteiger partial charge in [0.25, 0.3) is 0 Å². The highest BCUT2D eigenvalue weighted by Gasteiger charge is 2.19. The lowest BCUT2D eigenvalue weighted by atomic mass is 10.1. The topological polar surface area (TPSA) is 131 Å². The van der Waals surface area contributed by atoms with Crippen molar-refractivity contribution in [3.8, 4) is 34.1 Å². The summed E-state index contributed by atoms with van der Waals surface area (Å²) in [5, 5.41) is 9.17. The number of sulfonamides is 1. The Morgan fingerprint density at radius 2 is 1.70 bits per heavy atom. The van der Waals surface area contributed by atoms with Gasteiger partial charge >= 0.3 is 6.09 Å². The lowest BCUT2D eigenvalue weighted by molar-refractivity contribution is 0.150. The molecular formula is C22H25N3O7S. The molecule has 33 heavy (non-hydrogen) atoms. The van der Waals surface area contributed by atoms with Gasteiger partial charge in [-0.15, -0.1) is 0 Å².